The van der Waals surface area contributed by atoms with Gasteiger partial charge in [-0.05, 0) is 28.9 Å². The first kappa shape index (κ1) is 14.1. The summed E-state index contributed by atoms with van der Waals surface area (Å²) in [5.41, 5.74) is 0.387. The zero-order chi connectivity index (χ0) is 14.0. The number of carboxylic acid groups (broad SMARTS) is 1. The fourth-order valence-electron chi connectivity index (χ4n) is 2.22. The van der Waals surface area contributed by atoms with E-state index in [1.807, 2.05) is 6.92 Å². The predicted molar refractivity (Wildman–Crippen MR) is 68.9 cm³/mol. The summed E-state index contributed by atoms with van der Waals surface area (Å²) < 4.78 is 10.6. The molecule has 1 amide bonds. The van der Waals surface area contributed by atoms with Crippen LogP contribution in [0.1, 0.15) is 17.3 Å². The van der Waals surface area contributed by atoms with Gasteiger partial charge in [0.05, 0.1) is 31.1 Å². The molecule has 19 heavy (non-hydrogen) atoms. The molecule has 1 N–H and O–H groups in total. The molecule has 2 unspecified atom stereocenters. The number of amides is 1. The normalized spacial score (nSPS) is 22.4. The van der Waals surface area contributed by atoms with Crippen LogP contribution in [0.2, 0.25) is 0 Å². The number of furan rings is 1. The Morgan fingerprint density at radius 2 is 2.26 bits per heavy atom. The van der Waals surface area contributed by atoms with Crippen molar-refractivity contribution >= 4 is 27.8 Å². The van der Waals surface area contributed by atoms with Crippen LogP contribution in [0.25, 0.3) is 0 Å². The van der Waals surface area contributed by atoms with E-state index < -0.39 is 17.9 Å². The van der Waals surface area contributed by atoms with Crippen molar-refractivity contribution in [1.29, 1.82) is 0 Å². The molecule has 1 saturated heterocycles. The molecule has 7 heteroatoms. The number of nitrogens with zero attached hydrogens (tertiary/aromatic N) is 1. The van der Waals surface area contributed by atoms with Crippen molar-refractivity contribution in [2.45, 2.75) is 13.0 Å². The van der Waals surface area contributed by atoms with Gasteiger partial charge in [0.15, 0.2) is 4.67 Å². The van der Waals surface area contributed by atoms with E-state index in [9.17, 15) is 9.59 Å². The lowest BCUT2D eigenvalue weighted by Gasteiger charge is -2.29. The first-order valence-electron chi connectivity index (χ1n) is 5.90. The van der Waals surface area contributed by atoms with Crippen molar-refractivity contribution in [2.24, 2.45) is 5.92 Å². The zero-order valence-electron chi connectivity index (χ0n) is 10.3. The second kappa shape index (κ2) is 5.75. The molecule has 0 spiro atoms. The average molecular weight is 332 g/mol. The minimum Gasteiger partial charge on any atom is -0.481 e. The van der Waals surface area contributed by atoms with Crippen molar-refractivity contribution in [2.75, 3.05) is 19.8 Å². The Morgan fingerprint density at radius 1 is 1.53 bits per heavy atom. The molecule has 1 aromatic heterocycles. The van der Waals surface area contributed by atoms with Crippen LogP contribution >= 0.6 is 15.9 Å². The van der Waals surface area contributed by atoms with Crippen LogP contribution < -0.4 is 0 Å². The third kappa shape index (κ3) is 2.66. The van der Waals surface area contributed by atoms with Gasteiger partial charge in [-0.2, -0.15) is 0 Å². The Hall–Kier alpha value is -1.34. The molecule has 0 aromatic carbocycles. The maximum absolute atomic E-state index is 12.4. The predicted octanol–water partition coefficient (Wildman–Crippen LogP) is 1.60. The van der Waals surface area contributed by atoms with Crippen LogP contribution in [0.5, 0.6) is 0 Å². The van der Waals surface area contributed by atoms with E-state index in [2.05, 4.69) is 15.9 Å². The van der Waals surface area contributed by atoms with Crippen molar-refractivity contribution in [3.05, 3.63) is 22.6 Å². The largest absolute Gasteiger partial charge is 0.481 e. The molecule has 1 aliphatic rings. The van der Waals surface area contributed by atoms with Crippen molar-refractivity contribution in [3.8, 4) is 0 Å². The number of carbonyl (C=O) groups is 2. The second-order valence-electron chi connectivity index (χ2n) is 4.25. The van der Waals surface area contributed by atoms with Gasteiger partial charge in [-0.15, -0.1) is 0 Å². The zero-order valence-corrected chi connectivity index (χ0v) is 11.9. The molecule has 1 aromatic rings. The fourth-order valence-corrected chi connectivity index (χ4v) is 2.63. The molecule has 6 nitrogen and oxygen atoms in total. The first-order chi connectivity index (χ1) is 9.06. The highest BCUT2D eigenvalue weighted by Gasteiger charge is 2.40. The third-order valence-corrected chi connectivity index (χ3v) is 3.83. The number of hydrogen-bond donors (Lipinski definition) is 1. The molecule has 1 fully saturated rings. The lowest BCUT2D eigenvalue weighted by molar-refractivity contribution is -0.142. The number of rotatable bonds is 4. The number of halogens is 1. The standard InChI is InChI=1S/C12H14BrNO5/c1-2-14(9-6-18-5-8(9)12(16)17)11(15)7-3-4-19-10(7)13/h3-4,8-9H,2,5-6H2,1H3,(H,16,17). The fraction of sp³-hybridized carbons (Fsp3) is 0.500. The van der Waals surface area contributed by atoms with Crippen molar-refractivity contribution < 1.29 is 23.8 Å². The molecule has 0 saturated carbocycles. The van der Waals surface area contributed by atoms with E-state index in [4.69, 9.17) is 14.3 Å². The number of aliphatic carboxylic acids is 1. The lowest BCUT2D eigenvalue weighted by Crippen LogP contribution is -2.46. The van der Waals surface area contributed by atoms with Crippen LogP contribution in [0.4, 0.5) is 0 Å². The highest BCUT2D eigenvalue weighted by Crippen LogP contribution is 2.25. The maximum Gasteiger partial charge on any atom is 0.311 e. The molecule has 2 atom stereocenters. The second-order valence-corrected chi connectivity index (χ2v) is 4.97. The molecule has 104 valence electrons. The van der Waals surface area contributed by atoms with Gasteiger partial charge in [-0.3, -0.25) is 9.59 Å². The van der Waals surface area contributed by atoms with Crippen LogP contribution in [-0.4, -0.2) is 47.7 Å². The van der Waals surface area contributed by atoms with Gasteiger partial charge in [0.2, 0.25) is 0 Å². The van der Waals surface area contributed by atoms with E-state index in [0.717, 1.165) is 0 Å². The van der Waals surface area contributed by atoms with Gasteiger partial charge in [-0.25, -0.2) is 0 Å². The average Bonchev–Trinajstić information content (AvgIpc) is 2.98. The SMILES string of the molecule is CCN(C(=O)c1ccoc1Br)C1COCC1C(=O)O. The summed E-state index contributed by atoms with van der Waals surface area (Å²) in [6.45, 7) is 2.60. The number of carboxylic acids is 1. The van der Waals surface area contributed by atoms with E-state index in [1.165, 1.54) is 11.2 Å². The van der Waals surface area contributed by atoms with Gasteiger partial charge in [0.1, 0.15) is 5.92 Å². The Labute approximate surface area is 118 Å². The van der Waals surface area contributed by atoms with Gasteiger partial charge < -0.3 is 19.2 Å². The van der Waals surface area contributed by atoms with E-state index in [1.54, 1.807) is 6.07 Å². The highest BCUT2D eigenvalue weighted by molar-refractivity contribution is 9.10. The quantitative estimate of drug-likeness (QED) is 0.906. The summed E-state index contributed by atoms with van der Waals surface area (Å²) in [7, 11) is 0. The molecule has 1 aliphatic heterocycles. The van der Waals surface area contributed by atoms with Gasteiger partial charge in [-0.1, -0.05) is 0 Å². The molecular weight excluding hydrogens is 318 g/mol. The summed E-state index contributed by atoms with van der Waals surface area (Å²) in [5, 5.41) is 9.15. The number of carbonyl (C=O) groups excluding carboxylic acids is 1. The summed E-state index contributed by atoms with van der Waals surface area (Å²) >= 11 is 3.16. The molecule has 0 radical (unpaired) electrons. The van der Waals surface area contributed by atoms with Gasteiger partial charge in [0, 0.05) is 6.54 Å². The Balaban J connectivity index is 2.23. The van der Waals surface area contributed by atoms with Gasteiger partial charge in [0.25, 0.3) is 5.91 Å². The number of likely N-dealkylation sites (N-methyl/N-ethyl adjacent to an activating group) is 1. The molecular formula is C12H14BrNO5. The summed E-state index contributed by atoms with van der Waals surface area (Å²) in [6, 6.07) is 1.11. The molecule has 2 rings (SSSR count). The van der Waals surface area contributed by atoms with Crippen molar-refractivity contribution in [1.82, 2.24) is 4.90 Å². The maximum atomic E-state index is 12.4. The lowest BCUT2D eigenvalue weighted by atomic mass is 10.0. The van der Waals surface area contributed by atoms with Gasteiger partial charge >= 0.3 is 5.97 Å². The monoisotopic (exact) mass is 331 g/mol. The minimum absolute atomic E-state index is 0.135. The first-order valence-corrected chi connectivity index (χ1v) is 6.70. The molecule has 2 heterocycles. The number of hydrogen-bond acceptors (Lipinski definition) is 4. The Kier molecular flexibility index (Phi) is 4.26. The highest BCUT2D eigenvalue weighted by atomic mass is 79.9. The molecule has 0 aliphatic carbocycles. The summed E-state index contributed by atoms with van der Waals surface area (Å²) in [6.07, 6.45) is 1.41. The Morgan fingerprint density at radius 3 is 2.79 bits per heavy atom. The van der Waals surface area contributed by atoms with Crippen LogP contribution in [0.15, 0.2) is 21.4 Å². The van der Waals surface area contributed by atoms with Crippen LogP contribution in [-0.2, 0) is 9.53 Å². The van der Waals surface area contributed by atoms with E-state index in [0.29, 0.717) is 16.8 Å². The summed E-state index contributed by atoms with van der Waals surface area (Å²) in [5.74, 6) is -1.89. The minimum atomic E-state index is -0.944. The van der Waals surface area contributed by atoms with E-state index >= 15 is 0 Å². The Bertz CT molecular complexity index is 486. The van der Waals surface area contributed by atoms with Crippen LogP contribution in [0.3, 0.4) is 0 Å². The molecule has 0 bridgehead atoms. The van der Waals surface area contributed by atoms with Crippen LogP contribution in [0, 0.1) is 5.92 Å². The number of ether oxygens (including phenoxy) is 1. The smallest absolute Gasteiger partial charge is 0.311 e. The topological polar surface area (TPSA) is 80.0 Å². The third-order valence-electron chi connectivity index (χ3n) is 3.22. The summed E-state index contributed by atoms with van der Waals surface area (Å²) in [4.78, 5) is 25.1. The van der Waals surface area contributed by atoms with E-state index in [-0.39, 0.29) is 19.1 Å². The van der Waals surface area contributed by atoms with Crippen molar-refractivity contribution in [3.63, 3.8) is 0 Å².